The van der Waals surface area contributed by atoms with Gasteiger partial charge < -0.3 is 14.9 Å². The molecule has 0 bridgehead atoms. The summed E-state index contributed by atoms with van der Waals surface area (Å²) in [6.07, 6.45) is 0. The smallest absolute Gasteiger partial charge is 0.339 e. The first-order valence-corrected chi connectivity index (χ1v) is 3.74. The molecule has 0 atom stereocenters. The van der Waals surface area contributed by atoms with Crippen molar-refractivity contribution in [3.63, 3.8) is 0 Å². The van der Waals surface area contributed by atoms with Crippen molar-refractivity contribution in [3.8, 4) is 11.5 Å². The average molecular weight is 203 g/mol. The van der Waals surface area contributed by atoms with E-state index in [2.05, 4.69) is 0 Å². The summed E-state index contributed by atoms with van der Waals surface area (Å²) in [6.45, 7) is 0. The fourth-order valence-corrected chi connectivity index (χ4v) is 1.03. The fourth-order valence-electron chi connectivity index (χ4n) is 0.880. The Kier molecular flexibility index (Phi) is 2.63. The van der Waals surface area contributed by atoms with Crippen molar-refractivity contribution in [1.82, 2.24) is 0 Å². The van der Waals surface area contributed by atoms with Gasteiger partial charge in [0.05, 0.1) is 12.1 Å². The van der Waals surface area contributed by atoms with Gasteiger partial charge in [0.1, 0.15) is 17.1 Å². The number of carbonyl (C=O) groups is 1. The maximum atomic E-state index is 10.6. The van der Waals surface area contributed by atoms with Crippen LogP contribution in [0.25, 0.3) is 0 Å². The van der Waals surface area contributed by atoms with Gasteiger partial charge in [0.2, 0.25) is 0 Å². The van der Waals surface area contributed by atoms with E-state index in [0.717, 1.165) is 6.07 Å². The van der Waals surface area contributed by atoms with E-state index in [0.29, 0.717) is 0 Å². The molecule has 4 nitrogen and oxygen atoms in total. The summed E-state index contributed by atoms with van der Waals surface area (Å²) in [5.41, 5.74) is -0.121. The van der Waals surface area contributed by atoms with Crippen molar-refractivity contribution >= 4 is 17.6 Å². The molecule has 0 spiro atoms. The minimum atomic E-state index is -1.18. The highest BCUT2D eigenvalue weighted by Crippen LogP contribution is 2.31. The molecule has 0 aromatic heterocycles. The van der Waals surface area contributed by atoms with Gasteiger partial charge in [-0.1, -0.05) is 11.6 Å². The van der Waals surface area contributed by atoms with Gasteiger partial charge in [-0.3, -0.25) is 0 Å². The van der Waals surface area contributed by atoms with Crippen LogP contribution in [0.4, 0.5) is 0 Å². The van der Waals surface area contributed by atoms with E-state index in [9.17, 15) is 4.79 Å². The van der Waals surface area contributed by atoms with Crippen LogP contribution in [0.3, 0.4) is 0 Å². The number of phenols is 1. The summed E-state index contributed by atoms with van der Waals surface area (Å²) in [6, 6.07) is 2.30. The predicted octanol–water partition coefficient (Wildman–Crippen LogP) is 1.75. The monoisotopic (exact) mass is 202 g/mol. The summed E-state index contributed by atoms with van der Waals surface area (Å²) in [7, 11) is 1.33. The maximum absolute atomic E-state index is 10.6. The summed E-state index contributed by atoms with van der Waals surface area (Å²) < 4.78 is 4.77. The summed E-state index contributed by atoms with van der Waals surface area (Å²) in [4.78, 5) is 10.6. The van der Waals surface area contributed by atoms with Gasteiger partial charge in [0.15, 0.2) is 0 Å². The summed E-state index contributed by atoms with van der Waals surface area (Å²) in [5, 5.41) is 17.9. The topological polar surface area (TPSA) is 66.8 Å². The number of benzene rings is 1. The zero-order valence-corrected chi connectivity index (χ0v) is 7.50. The number of aromatic hydroxyl groups is 1. The molecule has 0 heterocycles. The lowest BCUT2D eigenvalue weighted by Gasteiger charge is -2.05. The Morgan fingerprint density at radius 1 is 1.54 bits per heavy atom. The third-order valence-electron chi connectivity index (χ3n) is 1.50. The highest BCUT2D eigenvalue weighted by molar-refractivity contribution is 6.32. The molecule has 1 aromatic carbocycles. The quantitative estimate of drug-likeness (QED) is 0.767. The molecule has 0 aliphatic rings. The Labute approximate surface area is 79.3 Å². The number of rotatable bonds is 2. The molecule has 0 saturated carbocycles. The van der Waals surface area contributed by atoms with E-state index in [-0.39, 0.29) is 22.1 Å². The lowest BCUT2D eigenvalue weighted by molar-refractivity contribution is 0.0693. The van der Waals surface area contributed by atoms with Gasteiger partial charge in [-0.05, 0) is 6.07 Å². The van der Waals surface area contributed by atoms with Crippen LogP contribution in [0.5, 0.6) is 11.5 Å². The van der Waals surface area contributed by atoms with E-state index in [4.69, 9.17) is 26.6 Å². The molecule has 0 aliphatic heterocycles. The van der Waals surface area contributed by atoms with Crippen LogP contribution in [0.2, 0.25) is 5.02 Å². The Morgan fingerprint density at radius 3 is 2.62 bits per heavy atom. The van der Waals surface area contributed by atoms with Crippen molar-refractivity contribution in [2.24, 2.45) is 0 Å². The molecule has 2 N–H and O–H groups in total. The van der Waals surface area contributed by atoms with Crippen LogP contribution in [0, 0.1) is 0 Å². The summed E-state index contributed by atoms with van der Waals surface area (Å²) >= 11 is 5.55. The van der Waals surface area contributed by atoms with E-state index in [1.54, 1.807) is 0 Å². The zero-order valence-electron chi connectivity index (χ0n) is 6.74. The molecule has 13 heavy (non-hydrogen) atoms. The molecule has 1 rings (SSSR count). The molecule has 0 aliphatic carbocycles. The second kappa shape index (κ2) is 3.53. The van der Waals surface area contributed by atoms with Crippen molar-refractivity contribution < 1.29 is 19.7 Å². The molecule has 5 heteroatoms. The van der Waals surface area contributed by atoms with Crippen LogP contribution < -0.4 is 4.74 Å². The molecule has 1 aromatic rings. The Bertz CT molecular complexity index is 348. The van der Waals surface area contributed by atoms with E-state index in [1.165, 1.54) is 13.2 Å². The molecule has 0 fully saturated rings. The van der Waals surface area contributed by atoms with Crippen LogP contribution in [0.15, 0.2) is 12.1 Å². The first-order valence-electron chi connectivity index (χ1n) is 3.36. The first kappa shape index (κ1) is 9.67. The van der Waals surface area contributed by atoms with E-state index < -0.39 is 5.97 Å². The highest BCUT2D eigenvalue weighted by Gasteiger charge is 2.13. The van der Waals surface area contributed by atoms with Gasteiger partial charge >= 0.3 is 5.97 Å². The van der Waals surface area contributed by atoms with Crippen molar-refractivity contribution in [3.05, 3.63) is 22.7 Å². The number of carboxylic acids is 1. The third-order valence-corrected chi connectivity index (χ3v) is 1.80. The molecular formula is C8H7ClO4. The maximum Gasteiger partial charge on any atom is 0.339 e. The van der Waals surface area contributed by atoms with Crippen LogP contribution >= 0.6 is 11.6 Å². The number of hydrogen-bond acceptors (Lipinski definition) is 3. The van der Waals surface area contributed by atoms with Gasteiger partial charge in [-0.2, -0.15) is 0 Å². The second-order valence-corrected chi connectivity index (χ2v) is 2.72. The zero-order chi connectivity index (χ0) is 10.0. The van der Waals surface area contributed by atoms with Crippen molar-refractivity contribution in [1.29, 1.82) is 0 Å². The van der Waals surface area contributed by atoms with Gasteiger partial charge in [0, 0.05) is 6.07 Å². The van der Waals surface area contributed by atoms with E-state index >= 15 is 0 Å². The minimum Gasteiger partial charge on any atom is -0.506 e. The molecule has 0 radical (unpaired) electrons. The largest absolute Gasteiger partial charge is 0.506 e. The molecule has 0 unspecified atom stereocenters. The standard InChI is InChI=1S/C8H7ClO4/c1-13-7-3-5(9)6(10)2-4(7)8(11)12/h2-3,10H,1H3,(H,11,12). The number of halogens is 1. The Morgan fingerprint density at radius 2 is 2.15 bits per heavy atom. The average Bonchev–Trinajstić information content (AvgIpc) is 2.08. The summed E-state index contributed by atoms with van der Waals surface area (Å²) in [5.74, 6) is -1.33. The Balaban J connectivity index is 3.33. The van der Waals surface area contributed by atoms with Crippen molar-refractivity contribution in [2.75, 3.05) is 7.11 Å². The SMILES string of the molecule is COc1cc(Cl)c(O)cc1C(=O)O. The number of hydrogen-bond donors (Lipinski definition) is 2. The van der Waals surface area contributed by atoms with Crippen LogP contribution in [0.1, 0.15) is 10.4 Å². The number of methoxy groups -OCH3 is 1. The second-order valence-electron chi connectivity index (χ2n) is 2.31. The number of ether oxygens (including phenoxy) is 1. The molecule has 0 amide bonds. The van der Waals surface area contributed by atoms with Crippen LogP contribution in [-0.2, 0) is 0 Å². The van der Waals surface area contributed by atoms with Gasteiger partial charge in [-0.15, -0.1) is 0 Å². The number of aromatic carboxylic acids is 1. The van der Waals surface area contributed by atoms with Gasteiger partial charge in [0.25, 0.3) is 0 Å². The Hall–Kier alpha value is -1.42. The van der Waals surface area contributed by atoms with Crippen molar-refractivity contribution in [2.45, 2.75) is 0 Å². The lowest BCUT2D eigenvalue weighted by Crippen LogP contribution is -2.00. The molecular weight excluding hydrogens is 196 g/mol. The normalized spacial score (nSPS) is 9.69. The predicted molar refractivity (Wildman–Crippen MR) is 46.6 cm³/mol. The first-order chi connectivity index (χ1) is 6.06. The van der Waals surface area contributed by atoms with E-state index in [1.807, 2.05) is 0 Å². The lowest BCUT2D eigenvalue weighted by atomic mass is 10.2. The highest BCUT2D eigenvalue weighted by atomic mass is 35.5. The minimum absolute atomic E-state index is 0.0573. The van der Waals surface area contributed by atoms with Gasteiger partial charge in [-0.25, -0.2) is 4.79 Å². The van der Waals surface area contributed by atoms with Crippen LogP contribution in [-0.4, -0.2) is 23.3 Å². The molecule has 0 saturated heterocycles. The molecule has 70 valence electrons. The third kappa shape index (κ3) is 1.84. The number of phenolic OH excluding ortho intramolecular Hbond substituents is 1. The fraction of sp³-hybridized carbons (Fsp3) is 0.125. The number of carboxylic acid groups (broad SMARTS) is 1.